The molecule has 154 valence electrons. The van der Waals surface area contributed by atoms with Crippen molar-refractivity contribution in [3.05, 3.63) is 12.7 Å². The molecule has 0 N–H and O–H groups in total. The molecule has 0 aliphatic carbocycles. The van der Waals surface area contributed by atoms with Crippen molar-refractivity contribution < 1.29 is 33.2 Å². The molecule has 0 spiro atoms. The molecule has 0 amide bonds. The first-order valence-electron chi connectivity index (χ1n) is 9.46. The van der Waals surface area contributed by atoms with Crippen LogP contribution in [0.5, 0.6) is 0 Å². The third-order valence-electron chi connectivity index (χ3n) is 3.20. The van der Waals surface area contributed by atoms with Crippen LogP contribution in [0.15, 0.2) is 12.7 Å². The Morgan fingerprint density at radius 1 is 0.731 bits per heavy atom. The van der Waals surface area contributed by atoms with E-state index in [1.165, 1.54) is 0 Å². The number of esters is 1. The lowest BCUT2D eigenvalue weighted by atomic mass is 10.2. The fourth-order valence-corrected chi connectivity index (χ4v) is 1.85. The van der Waals surface area contributed by atoms with E-state index in [-0.39, 0.29) is 5.97 Å². The summed E-state index contributed by atoms with van der Waals surface area (Å²) in [6, 6.07) is 0. The Kier molecular flexibility index (Phi) is 21.2. The summed E-state index contributed by atoms with van der Waals surface area (Å²) in [5, 5.41) is 0. The highest BCUT2D eigenvalue weighted by Crippen LogP contribution is 2.00. The van der Waals surface area contributed by atoms with E-state index in [1.54, 1.807) is 6.08 Å². The van der Waals surface area contributed by atoms with Gasteiger partial charge in [0.05, 0.1) is 66.1 Å². The SMILES string of the molecule is C=CCOCCOCCOCCOCCOCCOC(=O)CCCCC. The number of hydrogen-bond acceptors (Lipinski definition) is 7. The van der Waals surface area contributed by atoms with E-state index >= 15 is 0 Å². The predicted octanol–water partition coefficient (Wildman–Crippen LogP) is 2.38. The maximum absolute atomic E-state index is 11.3. The van der Waals surface area contributed by atoms with E-state index < -0.39 is 0 Å². The second-order valence-electron chi connectivity index (χ2n) is 5.49. The zero-order chi connectivity index (χ0) is 19.1. The van der Waals surface area contributed by atoms with Crippen LogP contribution in [-0.2, 0) is 33.2 Å². The Balaban J connectivity index is 3.07. The van der Waals surface area contributed by atoms with Crippen molar-refractivity contribution in [3.8, 4) is 0 Å². The lowest BCUT2D eigenvalue weighted by Gasteiger charge is -2.08. The standard InChI is InChI=1S/C19H36O7/c1-3-5-6-7-19(20)26-18-17-25-16-15-24-14-13-23-12-11-22-10-9-21-8-4-2/h4H,2-3,5-18H2,1H3. The van der Waals surface area contributed by atoms with Crippen molar-refractivity contribution in [1.82, 2.24) is 0 Å². The van der Waals surface area contributed by atoms with Gasteiger partial charge >= 0.3 is 5.97 Å². The molecule has 0 fully saturated rings. The fourth-order valence-electron chi connectivity index (χ4n) is 1.85. The molecule has 0 saturated heterocycles. The van der Waals surface area contributed by atoms with Gasteiger partial charge in [0.1, 0.15) is 6.61 Å². The second-order valence-corrected chi connectivity index (χ2v) is 5.49. The summed E-state index contributed by atoms with van der Waals surface area (Å²) in [5.74, 6) is -0.149. The van der Waals surface area contributed by atoms with Crippen LogP contribution in [0, 0.1) is 0 Å². The van der Waals surface area contributed by atoms with Crippen molar-refractivity contribution in [2.75, 3.05) is 72.7 Å². The van der Waals surface area contributed by atoms with Gasteiger partial charge in [0.25, 0.3) is 0 Å². The molecule has 26 heavy (non-hydrogen) atoms. The van der Waals surface area contributed by atoms with Crippen LogP contribution in [0.3, 0.4) is 0 Å². The third kappa shape index (κ3) is 21.1. The number of ether oxygens (including phenoxy) is 6. The summed E-state index contributed by atoms with van der Waals surface area (Å²) in [6.07, 6.45) is 5.25. The van der Waals surface area contributed by atoms with E-state index in [9.17, 15) is 4.79 Å². The zero-order valence-electron chi connectivity index (χ0n) is 16.2. The smallest absolute Gasteiger partial charge is 0.305 e. The topological polar surface area (TPSA) is 72.5 Å². The summed E-state index contributed by atoms with van der Waals surface area (Å²) in [6.45, 7) is 11.1. The number of hydrogen-bond donors (Lipinski definition) is 0. The van der Waals surface area contributed by atoms with Crippen LogP contribution in [0.2, 0.25) is 0 Å². The maximum atomic E-state index is 11.3. The summed E-state index contributed by atoms with van der Waals surface area (Å²) >= 11 is 0. The molecular weight excluding hydrogens is 340 g/mol. The molecule has 0 aromatic heterocycles. The first-order chi connectivity index (χ1) is 12.8. The molecule has 0 saturated carbocycles. The van der Waals surface area contributed by atoms with E-state index in [0.29, 0.717) is 79.1 Å². The highest BCUT2D eigenvalue weighted by atomic mass is 16.6. The average Bonchev–Trinajstić information content (AvgIpc) is 2.64. The molecule has 0 aliphatic heterocycles. The number of carbonyl (C=O) groups excluding carboxylic acids is 1. The number of unbranched alkanes of at least 4 members (excludes halogenated alkanes) is 2. The normalized spacial score (nSPS) is 10.8. The predicted molar refractivity (Wildman–Crippen MR) is 99.4 cm³/mol. The van der Waals surface area contributed by atoms with Gasteiger partial charge < -0.3 is 28.4 Å². The van der Waals surface area contributed by atoms with E-state index in [1.807, 2.05) is 0 Å². The summed E-state index contributed by atoms with van der Waals surface area (Å²) < 4.78 is 31.6. The van der Waals surface area contributed by atoms with Gasteiger partial charge in [-0.25, -0.2) is 0 Å². The highest BCUT2D eigenvalue weighted by Gasteiger charge is 2.01. The van der Waals surface area contributed by atoms with Gasteiger partial charge in [-0.1, -0.05) is 25.8 Å². The fraction of sp³-hybridized carbons (Fsp3) is 0.842. The van der Waals surface area contributed by atoms with Gasteiger partial charge in [-0.3, -0.25) is 4.79 Å². The minimum Gasteiger partial charge on any atom is -0.463 e. The minimum absolute atomic E-state index is 0.149. The van der Waals surface area contributed by atoms with Crippen LogP contribution in [0.1, 0.15) is 32.6 Å². The molecule has 0 atom stereocenters. The van der Waals surface area contributed by atoms with Crippen LogP contribution < -0.4 is 0 Å². The van der Waals surface area contributed by atoms with Gasteiger partial charge in [0.2, 0.25) is 0 Å². The monoisotopic (exact) mass is 376 g/mol. The van der Waals surface area contributed by atoms with E-state index in [2.05, 4.69) is 13.5 Å². The van der Waals surface area contributed by atoms with Crippen molar-refractivity contribution in [2.24, 2.45) is 0 Å². The average molecular weight is 376 g/mol. The second kappa shape index (κ2) is 22.1. The Bertz CT molecular complexity index is 310. The molecule has 0 aliphatic rings. The largest absolute Gasteiger partial charge is 0.463 e. The molecule has 0 bridgehead atoms. The van der Waals surface area contributed by atoms with E-state index in [0.717, 1.165) is 19.3 Å². The van der Waals surface area contributed by atoms with Gasteiger partial charge in [-0.2, -0.15) is 0 Å². The van der Waals surface area contributed by atoms with Crippen LogP contribution in [0.4, 0.5) is 0 Å². The number of carbonyl (C=O) groups is 1. The lowest BCUT2D eigenvalue weighted by Crippen LogP contribution is -2.15. The van der Waals surface area contributed by atoms with Gasteiger partial charge in [-0.15, -0.1) is 6.58 Å². The van der Waals surface area contributed by atoms with Gasteiger partial charge in [0, 0.05) is 6.42 Å². The number of rotatable bonds is 21. The summed E-state index contributed by atoms with van der Waals surface area (Å²) in [5.41, 5.74) is 0. The lowest BCUT2D eigenvalue weighted by molar-refractivity contribution is -0.145. The van der Waals surface area contributed by atoms with Crippen LogP contribution in [-0.4, -0.2) is 78.6 Å². The molecule has 7 heteroatoms. The molecule has 0 unspecified atom stereocenters. The molecule has 0 heterocycles. The summed E-state index contributed by atoms with van der Waals surface area (Å²) in [4.78, 5) is 11.3. The van der Waals surface area contributed by atoms with Gasteiger partial charge in [0.15, 0.2) is 0 Å². The molecule has 7 nitrogen and oxygen atoms in total. The minimum atomic E-state index is -0.149. The molecule has 0 aromatic rings. The quantitative estimate of drug-likeness (QED) is 0.173. The van der Waals surface area contributed by atoms with Crippen molar-refractivity contribution in [3.63, 3.8) is 0 Å². The first kappa shape index (κ1) is 25.0. The van der Waals surface area contributed by atoms with Crippen molar-refractivity contribution in [2.45, 2.75) is 32.6 Å². The molecule has 0 radical (unpaired) electrons. The van der Waals surface area contributed by atoms with E-state index in [4.69, 9.17) is 28.4 Å². The van der Waals surface area contributed by atoms with Crippen molar-refractivity contribution >= 4 is 5.97 Å². The van der Waals surface area contributed by atoms with Crippen LogP contribution in [0.25, 0.3) is 0 Å². The first-order valence-corrected chi connectivity index (χ1v) is 9.46. The molecule has 0 aromatic carbocycles. The van der Waals surface area contributed by atoms with Gasteiger partial charge in [-0.05, 0) is 6.42 Å². The maximum Gasteiger partial charge on any atom is 0.305 e. The Morgan fingerprint density at radius 3 is 1.65 bits per heavy atom. The van der Waals surface area contributed by atoms with Crippen LogP contribution >= 0.6 is 0 Å². The van der Waals surface area contributed by atoms with Crippen molar-refractivity contribution in [1.29, 1.82) is 0 Å². The zero-order valence-corrected chi connectivity index (χ0v) is 16.2. The Labute approximate surface area is 157 Å². The summed E-state index contributed by atoms with van der Waals surface area (Å²) in [7, 11) is 0. The molecule has 0 rings (SSSR count). The Morgan fingerprint density at radius 2 is 1.19 bits per heavy atom. The Hall–Kier alpha value is -0.990. The third-order valence-corrected chi connectivity index (χ3v) is 3.20. The molecular formula is C19H36O7. The highest BCUT2D eigenvalue weighted by molar-refractivity contribution is 5.69.